The molecule has 27 heavy (non-hydrogen) atoms. The summed E-state index contributed by atoms with van der Waals surface area (Å²) < 4.78 is 37.9. The van der Waals surface area contributed by atoms with E-state index in [9.17, 15) is 13.2 Å². The second kappa shape index (κ2) is 7.58. The first kappa shape index (κ1) is 19.2. The predicted molar refractivity (Wildman–Crippen MR) is 102 cm³/mol. The first-order valence-corrected chi connectivity index (χ1v) is 9.97. The van der Waals surface area contributed by atoms with E-state index in [0.29, 0.717) is 5.75 Å². The number of hydrogen-bond acceptors (Lipinski definition) is 5. The largest absolute Gasteiger partial charge is 0.497 e. The van der Waals surface area contributed by atoms with Crippen LogP contribution < -0.4 is 19.1 Å². The fourth-order valence-electron chi connectivity index (χ4n) is 3.26. The molecule has 2 aromatic rings. The summed E-state index contributed by atoms with van der Waals surface area (Å²) >= 11 is 0. The molecular weight excluding hydrogens is 368 g/mol. The standard InChI is InChI=1S/C19H22N2O5S/c1-13-10-14-6-4-5-7-16(14)21(13)19(22)12-20-27(23,24)18-9-8-15(25-2)11-17(18)26-3/h4-9,11,13,20H,10,12H2,1-3H3. The van der Waals surface area contributed by atoms with Gasteiger partial charge in [0.2, 0.25) is 15.9 Å². The van der Waals surface area contributed by atoms with Crippen molar-refractivity contribution in [2.45, 2.75) is 24.3 Å². The van der Waals surface area contributed by atoms with Crippen molar-refractivity contribution in [2.24, 2.45) is 0 Å². The Balaban J connectivity index is 1.77. The van der Waals surface area contributed by atoms with Crippen LogP contribution in [0.25, 0.3) is 0 Å². The summed E-state index contributed by atoms with van der Waals surface area (Å²) in [7, 11) is -1.07. The van der Waals surface area contributed by atoms with E-state index >= 15 is 0 Å². The zero-order chi connectivity index (χ0) is 19.6. The summed E-state index contributed by atoms with van der Waals surface area (Å²) in [6, 6.07) is 12.0. The number of carbonyl (C=O) groups is 1. The van der Waals surface area contributed by atoms with E-state index in [4.69, 9.17) is 9.47 Å². The summed E-state index contributed by atoms with van der Waals surface area (Å²) in [4.78, 5) is 14.3. The monoisotopic (exact) mass is 390 g/mol. The van der Waals surface area contributed by atoms with Gasteiger partial charge >= 0.3 is 0 Å². The number of methoxy groups -OCH3 is 2. The van der Waals surface area contributed by atoms with Crippen LogP contribution in [0.3, 0.4) is 0 Å². The van der Waals surface area contributed by atoms with Crippen LogP contribution in [0.15, 0.2) is 47.4 Å². The van der Waals surface area contributed by atoms with Crippen molar-refractivity contribution in [2.75, 3.05) is 25.7 Å². The summed E-state index contributed by atoms with van der Waals surface area (Å²) in [5, 5.41) is 0. The normalized spacial score (nSPS) is 16.1. The third kappa shape index (κ3) is 3.77. The molecule has 0 saturated carbocycles. The van der Waals surface area contributed by atoms with Crippen molar-refractivity contribution >= 4 is 21.6 Å². The number of sulfonamides is 1. The van der Waals surface area contributed by atoms with Crippen LogP contribution in [0.2, 0.25) is 0 Å². The van der Waals surface area contributed by atoms with Gasteiger partial charge in [-0.05, 0) is 37.1 Å². The lowest BCUT2D eigenvalue weighted by Gasteiger charge is -2.23. The molecule has 1 aliphatic heterocycles. The van der Waals surface area contributed by atoms with Gasteiger partial charge in [-0.1, -0.05) is 18.2 Å². The Kier molecular flexibility index (Phi) is 5.38. The topological polar surface area (TPSA) is 84.9 Å². The van der Waals surface area contributed by atoms with E-state index in [2.05, 4.69) is 4.72 Å². The highest BCUT2D eigenvalue weighted by molar-refractivity contribution is 7.89. The number of nitrogens with one attached hydrogen (secondary N) is 1. The van der Waals surface area contributed by atoms with E-state index in [-0.39, 0.29) is 29.1 Å². The summed E-state index contributed by atoms with van der Waals surface area (Å²) in [6.45, 7) is 1.61. The maximum absolute atomic E-state index is 12.7. The van der Waals surface area contributed by atoms with Crippen molar-refractivity contribution in [1.82, 2.24) is 4.72 Å². The number of para-hydroxylation sites is 1. The molecule has 1 aliphatic rings. The minimum absolute atomic E-state index is 0.0186. The van der Waals surface area contributed by atoms with Gasteiger partial charge in [0.15, 0.2) is 0 Å². The zero-order valence-electron chi connectivity index (χ0n) is 15.4. The minimum atomic E-state index is -3.93. The van der Waals surface area contributed by atoms with Gasteiger partial charge in [0.1, 0.15) is 16.4 Å². The fraction of sp³-hybridized carbons (Fsp3) is 0.316. The average Bonchev–Trinajstić information content (AvgIpc) is 3.01. The van der Waals surface area contributed by atoms with Crippen LogP contribution in [0, 0.1) is 0 Å². The number of rotatable bonds is 6. The third-order valence-electron chi connectivity index (χ3n) is 4.55. The van der Waals surface area contributed by atoms with Crippen LogP contribution in [0.1, 0.15) is 12.5 Å². The first-order valence-electron chi connectivity index (χ1n) is 8.49. The number of nitrogens with zero attached hydrogens (tertiary/aromatic N) is 1. The second-order valence-corrected chi connectivity index (χ2v) is 8.02. The molecule has 144 valence electrons. The van der Waals surface area contributed by atoms with Gasteiger partial charge in [-0.15, -0.1) is 0 Å². The van der Waals surface area contributed by atoms with Crippen molar-refractivity contribution < 1.29 is 22.7 Å². The van der Waals surface area contributed by atoms with Crippen molar-refractivity contribution in [1.29, 1.82) is 0 Å². The lowest BCUT2D eigenvalue weighted by molar-refractivity contribution is -0.117. The smallest absolute Gasteiger partial charge is 0.244 e. The van der Waals surface area contributed by atoms with E-state index in [1.807, 2.05) is 31.2 Å². The molecule has 1 N–H and O–H groups in total. The van der Waals surface area contributed by atoms with Gasteiger partial charge in [0.05, 0.1) is 20.8 Å². The number of amides is 1. The fourth-order valence-corrected chi connectivity index (χ4v) is 4.39. The lowest BCUT2D eigenvalue weighted by atomic mass is 10.1. The molecule has 1 unspecified atom stereocenters. The van der Waals surface area contributed by atoms with Crippen molar-refractivity contribution in [3.8, 4) is 11.5 Å². The van der Waals surface area contributed by atoms with Crippen LogP contribution in [0.4, 0.5) is 5.69 Å². The molecule has 0 bridgehead atoms. The molecule has 0 radical (unpaired) electrons. The zero-order valence-corrected chi connectivity index (χ0v) is 16.2. The Morgan fingerprint density at radius 1 is 1.19 bits per heavy atom. The van der Waals surface area contributed by atoms with Crippen molar-refractivity contribution in [3.05, 3.63) is 48.0 Å². The SMILES string of the molecule is COc1ccc(S(=O)(=O)NCC(=O)N2c3ccccc3CC2C)c(OC)c1. The van der Waals surface area contributed by atoms with Crippen LogP contribution >= 0.6 is 0 Å². The first-order chi connectivity index (χ1) is 12.9. The molecule has 1 heterocycles. The number of carbonyl (C=O) groups excluding carboxylic acids is 1. The molecule has 0 aromatic heterocycles. The van der Waals surface area contributed by atoms with Crippen LogP contribution in [0.5, 0.6) is 11.5 Å². The van der Waals surface area contributed by atoms with Gasteiger partial charge in [0.25, 0.3) is 0 Å². The highest BCUT2D eigenvalue weighted by Crippen LogP contribution is 2.32. The molecule has 1 atom stereocenters. The molecule has 8 heteroatoms. The van der Waals surface area contributed by atoms with E-state index < -0.39 is 10.0 Å². The van der Waals surface area contributed by atoms with Crippen LogP contribution in [-0.4, -0.2) is 41.1 Å². The molecule has 7 nitrogen and oxygen atoms in total. The molecule has 0 fully saturated rings. The Bertz CT molecular complexity index is 958. The van der Waals surface area contributed by atoms with E-state index in [1.54, 1.807) is 4.90 Å². The summed E-state index contributed by atoms with van der Waals surface area (Å²) in [5.74, 6) is 0.321. The van der Waals surface area contributed by atoms with Gasteiger partial charge < -0.3 is 14.4 Å². The lowest BCUT2D eigenvalue weighted by Crippen LogP contribution is -2.43. The Hall–Kier alpha value is -2.58. The van der Waals surface area contributed by atoms with Gasteiger partial charge in [-0.25, -0.2) is 13.1 Å². The molecule has 3 rings (SSSR count). The quantitative estimate of drug-likeness (QED) is 0.815. The Labute approximate surface area is 158 Å². The Morgan fingerprint density at radius 2 is 1.93 bits per heavy atom. The highest BCUT2D eigenvalue weighted by Gasteiger charge is 2.31. The summed E-state index contributed by atoms with van der Waals surface area (Å²) in [5.41, 5.74) is 1.91. The van der Waals surface area contributed by atoms with Gasteiger partial charge in [0, 0.05) is 17.8 Å². The number of benzene rings is 2. The van der Waals surface area contributed by atoms with E-state index in [0.717, 1.165) is 17.7 Å². The maximum atomic E-state index is 12.7. The molecule has 1 amide bonds. The molecular formula is C19H22N2O5S. The number of hydrogen-bond donors (Lipinski definition) is 1. The van der Waals surface area contributed by atoms with Gasteiger partial charge in [-0.2, -0.15) is 0 Å². The molecule has 0 spiro atoms. The predicted octanol–water partition coefficient (Wildman–Crippen LogP) is 1.96. The van der Waals surface area contributed by atoms with Gasteiger partial charge in [-0.3, -0.25) is 4.79 Å². The van der Waals surface area contributed by atoms with Crippen LogP contribution in [-0.2, 0) is 21.2 Å². The molecule has 0 saturated heterocycles. The Morgan fingerprint density at radius 3 is 2.63 bits per heavy atom. The second-order valence-electron chi connectivity index (χ2n) is 6.29. The minimum Gasteiger partial charge on any atom is -0.497 e. The number of fused-ring (bicyclic) bond motifs is 1. The number of anilines is 1. The van der Waals surface area contributed by atoms with E-state index in [1.165, 1.54) is 32.4 Å². The summed E-state index contributed by atoms with van der Waals surface area (Å²) in [6.07, 6.45) is 0.751. The molecule has 2 aromatic carbocycles. The van der Waals surface area contributed by atoms with Crippen molar-refractivity contribution in [3.63, 3.8) is 0 Å². The third-order valence-corrected chi connectivity index (χ3v) is 5.99. The highest BCUT2D eigenvalue weighted by atomic mass is 32.2. The maximum Gasteiger partial charge on any atom is 0.244 e. The average molecular weight is 390 g/mol. The number of ether oxygens (including phenoxy) is 2. The molecule has 0 aliphatic carbocycles.